The van der Waals surface area contributed by atoms with Crippen molar-refractivity contribution in [3.63, 3.8) is 0 Å². The van der Waals surface area contributed by atoms with Crippen LogP contribution in [-0.2, 0) is 14.4 Å². The van der Waals surface area contributed by atoms with E-state index in [4.69, 9.17) is 11.6 Å². The van der Waals surface area contributed by atoms with Gasteiger partial charge in [-0.05, 0) is 18.4 Å². The normalized spacial score (nSPS) is 12.8. The van der Waals surface area contributed by atoms with Crippen LogP contribution in [-0.4, -0.2) is 19.3 Å². The molecule has 0 aliphatic carbocycles. The Hall–Kier alpha value is -1.07. The lowest BCUT2D eigenvalue weighted by atomic mass is 10.0. The highest BCUT2D eigenvalue weighted by Crippen LogP contribution is 2.16. The number of halogens is 1. The molecule has 0 N–H and O–H groups in total. The van der Waals surface area contributed by atoms with Crippen molar-refractivity contribution < 1.29 is 12.7 Å². The van der Waals surface area contributed by atoms with E-state index < -0.39 is 10.1 Å². The summed E-state index contributed by atoms with van der Waals surface area (Å²) in [6.07, 6.45) is 0. The summed E-state index contributed by atoms with van der Waals surface area (Å²) in [4.78, 5) is 0. The maximum Gasteiger partial charge on any atom is 0.328 e. The van der Waals surface area contributed by atoms with Crippen LogP contribution in [0.3, 0.4) is 0 Å². The smallest absolute Gasteiger partial charge is 0.267 e. The van der Waals surface area contributed by atoms with Gasteiger partial charge in [0.2, 0.25) is 0 Å². The summed E-state index contributed by atoms with van der Waals surface area (Å²) < 4.78 is 26.6. The molecule has 0 atom stereocenters. The molecule has 0 saturated carbocycles. The highest BCUT2D eigenvalue weighted by Gasteiger charge is 2.09. The third-order valence-corrected chi connectivity index (χ3v) is 3.70. The molecule has 100 valence electrons. The zero-order valence-corrected chi connectivity index (χ0v) is 12.1. The van der Waals surface area contributed by atoms with E-state index in [1.54, 1.807) is 12.1 Å². The zero-order chi connectivity index (χ0) is 13.8. The van der Waals surface area contributed by atoms with Gasteiger partial charge in [-0.15, -0.1) is 0 Å². The predicted octanol–water partition coefficient (Wildman–Crippen LogP) is 3.08. The van der Waals surface area contributed by atoms with Gasteiger partial charge in [0.25, 0.3) is 0 Å². The Labute approximate surface area is 113 Å². The number of nitrogens with zero attached hydrogens (tertiary/aromatic N) is 1. The van der Waals surface area contributed by atoms with Crippen molar-refractivity contribution in [1.82, 2.24) is 0 Å². The number of benzene rings is 1. The second kappa shape index (κ2) is 6.20. The molecule has 0 bridgehead atoms. The molecule has 1 aromatic rings. The van der Waals surface area contributed by atoms with Gasteiger partial charge >= 0.3 is 10.1 Å². The fourth-order valence-corrected chi connectivity index (χ4v) is 1.70. The number of hydrogen-bond acceptors (Lipinski definition) is 4. The zero-order valence-electron chi connectivity index (χ0n) is 10.6. The second-order valence-electron chi connectivity index (χ2n) is 4.08. The molecule has 0 aromatic heterocycles. The van der Waals surface area contributed by atoms with Gasteiger partial charge in [-0.1, -0.05) is 54.9 Å². The van der Waals surface area contributed by atoms with E-state index in [-0.39, 0.29) is 10.9 Å². The van der Waals surface area contributed by atoms with E-state index in [1.165, 1.54) is 12.5 Å². The van der Waals surface area contributed by atoms with E-state index in [9.17, 15) is 8.42 Å². The number of rotatable bonds is 5. The Morgan fingerprint density at radius 2 is 1.89 bits per heavy atom. The van der Waals surface area contributed by atoms with Crippen molar-refractivity contribution in [2.45, 2.75) is 26.7 Å². The molecule has 1 aromatic carbocycles. The minimum Gasteiger partial charge on any atom is -0.267 e. The van der Waals surface area contributed by atoms with Crippen molar-refractivity contribution in [3.8, 4) is 0 Å². The number of hydrogen-bond donors (Lipinski definition) is 0. The van der Waals surface area contributed by atoms with Crippen molar-refractivity contribution in [2.24, 2.45) is 5.16 Å². The molecule has 0 aliphatic rings. The highest BCUT2D eigenvalue weighted by atomic mass is 35.5. The third kappa shape index (κ3) is 4.31. The molecular weight excluding hydrogens is 274 g/mol. The van der Waals surface area contributed by atoms with Crippen LogP contribution in [0.1, 0.15) is 37.8 Å². The molecular formula is C12H16ClNO3S. The summed E-state index contributed by atoms with van der Waals surface area (Å²) in [5.74, 6) is 0.277. The first-order chi connectivity index (χ1) is 8.35. The first-order valence-corrected chi connectivity index (χ1v) is 7.56. The largest absolute Gasteiger partial charge is 0.328 e. The molecule has 4 nitrogen and oxygen atoms in total. The summed E-state index contributed by atoms with van der Waals surface area (Å²) >= 11 is 5.86. The lowest BCUT2D eigenvalue weighted by Crippen LogP contribution is -2.05. The van der Waals surface area contributed by atoms with Gasteiger partial charge in [0.1, 0.15) is 0 Å². The van der Waals surface area contributed by atoms with Crippen molar-refractivity contribution >= 4 is 26.9 Å². The van der Waals surface area contributed by atoms with Crippen LogP contribution in [0.5, 0.6) is 0 Å². The summed E-state index contributed by atoms with van der Waals surface area (Å²) in [6, 6.07) is 7.41. The molecule has 0 fully saturated rings. The van der Waals surface area contributed by atoms with Crippen LogP contribution in [0.25, 0.3) is 0 Å². The Morgan fingerprint density at radius 1 is 1.33 bits per heavy atom. The van der Waals surface area contributed by atoms with Crippen LogP contribution in [0.4, 0.5) is 0 Å². The highest BCUT2D eigenvalue weighted by molar-refractivity contribution is 7.86. The van der Waals surface area contributed by atoms with Gasteiger partial charge in [0, 0.05) is 5.56 Å². The molecule has 0 aliphatic heterocycles. The maximum atomic E-state index is 11.1. The Kier molecular flexibility index (Phi) is 5.16. The van der Waals surface area contributed by atoms with E-state index in [1.807, 2.05) is 12.1 Å². The van der Waals surface area contributed by atoms with Crippen molar-refractivity contribution in [2.75, 3.05) is 5.75 Å². The average molecular weight is 290 g/mol. The summed E-state index contributed by atoms with van der Waals surface area (Å²) in [7, 11) is -3.62. The molecule has 0 spiro atoms. The molecule has 0 saturated heterocycles. The SMILES string of the molecule is CCS(=O)(=O)O/N=C(\Cl)c1ccc(C(C)C)cc1. The van der Waals surface area contributed by atoms with Gasteiger partial charge in [0.05, 0.1) is 5.75 Å². The summed E-state index contributed by atoms with van der Waals surface area (Å²) in [6.45, 7) is 5.64. The van der Waals surface area contributed by atoms with Crippen LogP contribution in [0.2, 0.25) is 0 Å². The summed E-state index contributed by atoms with van der Waals surface area (Å²) in [5, 5.41) is 3.42. The Morgan fingerprint density at radius 3 is 2.33 bits per heavy atom. The monoisotopic (exact) mass is 289 g/mol. The predicted molar refractivity (Wildman–Crippen MR) is 73.5 cm³/mol. The van der Waals surface area contributed by atoms with E-state index in [2.05, 4.69) is 23.3 Å². The fourth-order valence-electron chi connectivity index (χ4n) is 1.20. The van der Waals surface area contributed by atoms with Gasteiger partial charge in [-0.3, -0.25) is 4.28 Å². The molecule has 6 heteroatoms. The molecule has 0 amide bonds. The van der Waals surface area contributed by atoms with Gasteiger partial charge < -0.3 is 0 Å². The van der Waals surface area contributed by atoms with Crippen LogP contribution >= 0.6 is 11.6 Å². The topological polar surface area (TPSA) is 55.7 Å². The molecule has 0 unspecified atom stereocenters. The molecule has 1 rings (SSSR count). The van der Waals surface area contributed by atoms with Gasteiger partial charge in [0.15, 0.2) is 5.17 Å². The van der Waals surface area contributed by atoms with Gasteiger partial charge in [-0.2, -0.15) is 8.42 Å². The minimum atomic E-state index is -3.62. The lowest BCUT2D eigenvalue weighted by Gasteiger charge is -2.05. The first-order valence-electron chi connectivity index (χ1n) is 5.61. The van der Waals surface area contributed by atoms with Crippen LogP contribution in [0.15, 0.2) is 29.4 Å². The lowest BCUT2D eigenvalue weighted by molar-refractivity contribution is 0.341. The van der Waals surface area contributed by atoms with Crippen molar-refractivity contribution in [1.29, 1.82) is 0 Å². The van der Waals surface area contributed by atoms with E-state index in [0.717, 1.165) is 0 Å². The molecule has 18 heavy (non-hydrogen) atoms. The molecule has 0 radical (unpaired) electrons. The van der Waals surface area contributed by atoms with Crippen LogP contribution in [0, 0.1) is 0 Å². The first kappa shape index (κ1) is 15.0. The van der Waals surface area contributed by atoms with E-state index >= 15 is 0 Å². The fraction of sp³-hybridized carbons (Fsp3) is 0.417. The Balaban J connectivity index is 2.84. The van der Waals surface area contributed by atoms with E-state index in [0.29, 0.717) is 11.5 Å². The standard InChI is InChI=1S/C12H16ClNO3S/c1-4-18(15,16)17-14-12(13)11-7-5-10(6-8-11)9(2)3/h5-9H,4H2,1-3H3/b14-12-. The number of oxime groups is 1. The van der Waals surface area contributed by atoms with Crippen molar-refractivity contribution in [3.05, 3.63) is 35.4 Å². The average Bonchev–Trinajstić information content (AvgIpc) is 2.36. The quantitative estimate of drug-likeness (QED) is 0.618. The van der Waals surface area contributed by atoms with Gasteiger partial charge in [-0.25, -0.2) is 0 Å². The minimum absolute atomic E-state index is 0.0160. The van der Waals surface area contributed by atoms with Crippen LogP contribution < -0.4 is 0 Å². The Bertz CT molecular complexity index is 521. The second-order valence-corrected chi connectivity index (χ2v) is 6.28. The molecule has 0 heterocycles. The summed E-state index contributed by atoms with van der Waals surface area (Å²) in [5.41, 5.74) is 1.79. The third-order valence-electron chi connectivity index (χ3n) is 2.40. The maximum absolute atomic E-state index is 11.1.